The molecule has 0 amide bonds. The van der Waals surface area contributed by atoms with Crippen LogP contribution in [0.1, 0.15) is 11.3 Å². The van der Waals surface area contributed by atoms with Gasteiger partial charge in [0, 0.05) is 11.6 Å². The molecule has 2 aromatic rings. The number of aromatic nitrogens is 1. The molecule has 0 aliphatic heterocycles. The molecule has 1 aromatic carbocycles. The number of hydrogen-bond acceptors (Lipinski definition) is 4. The van der Waals surface area contributed by atoms with Gasteiger partial charge in [0.15, 0.2) is 5.76 Å². The zero-order valence-corrected chi connectivity index (χ0v) is 8.21. The average molecular weight is 202 g/mol. The van der Waals surface area contributed by atoms with Gasteiger partial charge in [0.2, 0.25) is 0 Å². The van der Waals surface area contributed by atoms with E-state index in [1.807, 2.05) is 31.2 Å². The van der Waals surface area contributed by atoms with Crippen molar-refractivity contribution in [1.29, 1.82) is 0 Å². The van der Waals surface area contributed by atoms with E-state index in [1.165, 1.54) is 11.8 Å². The Hall–Kier alpha value is -2.10. The highest BCUT2D eigenvalue weighted by Crippen LogP contribution is 2.19. The minimum atomic E-state index is 0.494. The first-order chi connectivity index (χ1) is 7.29. The van der Waals surface area contributed by atoms with Gasteiger partial charge in [0.05, 0.1) is 6.21 Å². The second kappa shape index (κ2) is 3.96. The smallest absolute Gasteiger partial charge is 0.167 e. The summed E-state index contributed by atoms with van der Waals surface area (Å²) in [5.74, 6) is 0.657. The lowest BCUT2D eigenvalue weighted by Gasteiger charge is -1.94. The molecule has 0 atom stereocenters. The summed E-state index contributed by atoms with van der Waals surface area (Å²) >= 11 is 0. The van der Waals surface area contributed by atoms with Crippen LogP contribution in [-0.2, 0) is 0 Å². The molecule has 1 N–H and O–H groups in total. The van der Waals surface area contributed by atoms with Gasteiger partial charge in [-0.2, -0.15) is 0 Å². The molecule has 0 aliphatic rings. The third-order valence-corrected chi connectivity index (χ3v) is 2.05. The zero-order chi connectivity index (χ0) is 10.7. The summed E-state index contributed by atoms with van der Waals surface area (Å²) in [4.78, 5) is 0. The van der Waals surface area contributed by atoms with Crippen molar-refractivity contribution in [3.8, 4) is 11.3 Å². The summed E-state index contributed by atoms with van der Waals surface area (Å²) < 4.78 is 5.09. The maximum absolute atomic E-state index is 8.32. The maximum Gasteiger partial charge on any atom is 0.167 e. The minimum absolute atomic E-state index is 0.494. The molecule has 76 valence electrons. The van der Waals surface area contributed by atoms with Crippen molar-refractivity contribution >= 4 is 6.21 Å². The number of benzene rings is 1. The van der Waals surface area contributed by atoms with E-state index in [-0.39, 0.29) is 0 Å². The average Bonchev–Trinajstić information content (AvgIpc) is 2.68. The molecule has 0 unspecified atom stereocenters. The van der Waals surface area contributed by atoms with Crippen molar-refractivity contribution < 1.29 is 9.73 Å². The Morgan fingerprint density at radius 1 is 1.33 bits per heavy atom. The first kappa shape index (κ1) is 9.45. The first-order valence-electron chi connectivity index (χ1n) is 4.51. The quantitative estimate of drug-likeness (QED) is 0.462. The summed E-state index contributed by atoms with van der Waals surface area (Å²) in [6.07, 6.45) is 1.22. The lowest BCUT2D eigenvalue weighted by Crippen LogP contribution is -1.77. The molecule has 0 saturated carbocycles. The second-order valence-corrected chi connectivity index (χ2v) is 3.23. The number of nitrogens with zero attached hydrogens (tertiary/aromatic N) is 2. The molecule has 4 heteroatoms. The van der Waals surface area contributed by atoms with E-state index in [4.69, 9.17) is 9.73 Å². The fourth-order valence-corrected chi connectivity index (χ4v) is 1.26. The number of aryl methyl sites for hydroxylation is 1. The standard InChI is InChI=1S/C11H10N2O2/c1-8-2-4-9(5-3-8)11-6-10(7-12-14)13-15-11/h2-7,14H,1H3/b12-7+. The molecule has 0 aliphatic carbocycles. The van der Waals surface area contributed by atoms with Gasteiger partial charge in [0.1, 0.15) is 5.69 Å². The molecular formula is C11H10N2O2. The zero-order valence-electron chi connectivity index (χ0n) is 8.21. The SMILES string of the molecule is Cc1ccc(-c2cc(/C=N/O)no2)cc1. The summed E-state index contributed by atoms with van der Waals surface area (Å²) in [7, 11) is 0. The molecule has 1 aromatic heterocycles. The maximum atomic E-state index is 8.32. The second-order valence-electron chi connectivity index (χ2n) is 3.23. The molecule has 15 heavy (non-hydrogen) atoms. The Balaban J connectivity index is 2.33. The minimum Gasteiger partial charge on any atom is -0.411 e. The predicted octanol–water partition coefficient (Wildman–Crippen LogP) is 2.46. The summed E-state index contributed by atoms with van der Waals surface area (Å²) in [6, 6.07) is 9.62. The summed E-state index contributed by atoms with van der Waals surface area (Å²) in [5.41, 5.74) is 2.63. The third-order valence-electron chi connectivity index (χ3n) is 2.05. The van der Waals surface area contributed by atoms with Gasteiger partial charge in [-0.05, 0) is 6.92 Å². The van der Waals surface area contributed by atoms with Crippen molar-refractivity contribution in [1.82, 2.24) is 5.16 Å². The molecule has 0 bridgehead atoms. The van der Waals surface area contributed by atoms with Crippen molar-refractivity contribution in [2.45, 2.75) is 6.92 Å². The molecule has 0 radical (unpaired) electrons. The van der Waals surface area contributed by atoms with Crippen molar-refractivity contribution in [2.24, 2.45) is 5.16 Å². The lowest BCUT2D eigenvalue weighted by atomic mass is 10.1. The molecule has 2 rings (SSSR count). The van der Waals surface area contributed by atoms with Crippen LogP contribution in [0.3, 0.4) is 0 Å². The highest BCUT2D eigenvalue weighted by Gasteiger charge is 2.04. The van der Waals surface area contributed by atoms with E-state index in [0.717, 1.165) is 5.56 Å². The molecule has 4 nitrogen and oxygen atoms in total. The van der Waals surface area contributed by atoms with Crippen LogP contribution in [0.2, 0.25) is 0 Å². The molecular weight excluding hydrogens is 192 g/mol. The van der Waals surface area contributed by atoms with Crippen LogP contribution in [0.25, 0.3) is 11.3 Å². The highest BCUT2D eigenvalue weighted by molar-refractivity contribution is 5.78. The summed E-state index contributed by atoms with van der Waals surface area (Å²) in [5, 5.41) is 14.9. The predicted molar refractivity (Wildman–Crippen MR) is 56.1 cm³/mol. The largest absolute Gasteiger partial charge is 0.411 e. The number of rotatable bonds is 2. The normalized spacial score (nSPS) is 11.0. The fourth-order valence-electron chi connectivity index (χ4n) is 1.26. The Labute approximate surface area is 86.8 Å². The lowest BCUT2D eigenvalue weighted by molar-refractivity contribution is 0.321. The van der Waals surface area contributed by atoms with E-state index < -0.39 is 0 Å². The van der Waals surface area contributed by atoms with Crippen molar-refractivity contribution in [2.75, 3.05) is 0 Å². The molecule has 0 spiro atoms. The monoisotopic (exact) mass is 202 g/mol. The van der Waals surface area contributed by atoms with Crippen LogP contribution in [0.4, 0.5) is 0 Å². The first-order valence-corrected chi connectivity index (χ1v) is 4.51. The molecule has 1 heterocycles. The Bertz CT molecular complexity index is 472. The van der Waals surface area contributed by atoms with Crippen LogP contribution < -0.4 is 0 Å². The number of oxime groups is 1. The van der Waals surface area contributed by atoms with E-state index in [1.54, 1.807) is 6.07 Å². The molecule has 0 saturated heterocycles. The highest BCUT2D eigenvalue weighted by atomic mass is 16.5. The van der Waals surface area contributed by atoms with E-state index in [2.05, 4.69) is 10.3 Å². The van der Waals surface area contributed by atoms with E-state index in [9.17, 15) is 0 Å². The van der Waals surface area contributed by atoms with Gasteiger partial charge in [-0.1, -0.05) is 40.1 Å². The Morgan fingerprint density at radius 3 is 2.73 bits per heavy atom. The third kappa shape index (κ3) is 2.04. The van der Waals surface area contributed by atoms with Crippen molar-refractivity contribution in [3.05, 3.63) is 41.6 Å². The van der Waals surface area contributed by atoms with Gasteiger partial charge >= 0.3 is 0 Å². The van der Waals surface area contributed by atoms with Crippen LogP contribution in [-0.4, -0.2) is 16.6 Å². The van der Waals surface area contributed by atoms with Crippen molar-refractivity contribution in [3.63, 3.8) is 0 Å². The van der Waals surface area contributed by atoms with Gasteiger partial charge in [-0.25, -0.2) is 0 Å². The van der Waals surface area contributed by atoms with Gasteiger partial charge in [-0.15, -0.1) is 0 Å². The van der Waals surface area contributed by atoms with E-state index in [0.29, 0.717) is 11.5 Å². The Morgan fingerprint density at radius 2 is 2.07 bits per heavy atom. The van der Waals surface area contributed by atoms with Gasteiger partial charge in [0.25, 0.3) is 0 Å². The van der Waals surface area contributed by atoms with Crippen LogP contribution in [0.15, 0.2) is 40.0 Å². The number of hydrogen-bond donors (Lipinski definition) is 1. The fraction of sp³-hybridized carbons (Fsp3) is 0.0909. The molecule has 0 fully saturated rings. The van der Waals surface area contributed by atoms with Crippen LogP contribution in [0, 0.1) is 6.92 Å². The van der Waals surface area contributed by atoms with Gasteiger partial charge < -0.3 is 9.73 Å². The summed E-state index contributed by atoms with van der Waals surface area (Å²) in [6.45, 7) is 2.02. The Kier molecular flexibility index (Phi) is 2.49. The van der Waals surface area contributed by atoms with E-state index >= 15 is 0 Å². The van der Waals surface area contributed by atoms with Gasteiger partial charge in [-0.3, -0.25) is 0 Å². The van der Waals surface area contributed by atoms with Crippen LogP contribution in [0.5, 0.6) is 0 Å². The topological polar surface area (TPSA) is 58.6 Å². The van der Waals surface area contributed by atoms with Crippen LogP contribution >= 0.6 is 0 Å².